The van der Waals surface area contributed by atoms with E-state index in [9.17, 15) is 39.6 Å². The first-order valence-electron chi connectivity index (χ1n) is 11.7. The number of rotatable bonds is 6. The second-order valence-electron chi connectivity index (χ2n) is 9.21. The van der Waals surface area contributed by atoms with Crippen LogP contribution < -0.4 is 14.4 Å². The fourth-order valence-corrected chi connectivity index (χ4v) is 5.82. The van der Waals surface area contributed by atoms with Crippen LogP contribution in [-0.2, 0) is 21.0 Å². The van der Waals surface area contributed by atoms with E-state index < -0.39 is 68.9 Å². The third-order valence-corrected chi connectivity index (χ3v) is 8.21. The summed E-state index contributed by atoms with van der Waals surface area (Å²) in [4.78, 5) is 11.4. The molecule has 1 fully saturated rings. The first-order valence-corrected chi connectivity index (χ1v) is 13.2. The van der Waals surface area contributed by atoms with Gasteiger partial charge in [-0.05, 0) is 60.5 Å². The molecule has 206 valence electrons. The van der Waals surface area contributed by atoms with E-state index >= 15 is 0 Å². The van der Waals surface area contributed by atoms with E-state index in [2.05, 4.69) is 5.32 Å². The normalized spacial score (nSPS) is 20.7. The fourth-order valence-electron chi connectivity index (χ4n) is 4.27. The van der Waals surface area contributed by atoms with Gasteiger partial charge in [-0.2, -0.15) is 13.2 Å². The maximum absolute atomic E-state index is 14.5. The molecule has 39 heavy (non-hydrogen) atoms. The largest absolute Gasteiger partial charge is 0.484 e. The van der Waals surface area contributed by atoms with Crippen molar-refractivity contribution >= 4 is 21.6 Å². The van der Waals surface area contributed by atoms with Crippen LogP contribution in [0.4, 0.5) is 32.0 Å². The van der Waals surface area contributed by atoms with Crippen molar-refractivity contribution in [3.05, 3.63) is 77.9 Å². The predicted octanol–water partition coefficient (Wildman–Crippen LogP) is 5.08. The summed E-state index contributed by atoms with van der Waals surface area (Å²) in [7, 11) is -4.65. The van der Waals surface area contributed by atoms with Crippen molar-refractivity contribution in [3.8, 4) is 16.9 Å². The van der Waals surface area contributed by atoms with E-state index in [-0.39, 0.29) is 35.5 Å². The summed E-state index contributed by atoms with van der Waals surface area (Å²) in [5.41, 5.74) is -1.38. The van der Waals surface area contributed by atoms with Crippen LogP contribution in [0.3, 0.4) is 0 Å². The Labute approximate surface area is 219 Å². The smallest absolute Gasteiger partial charge is 0.416 e. The van der Waals surface area contributed by atoms with Crippen molar-refractivity contribution in [2.45, 2.75) is 29.8 Å². The van der Waals surface area contributed by atoms with Crippen molar-refractivity contribution in [2.24, 2.45) is 5.92 Å². The van der Waals surface area contributed by atoms with Crippen molar-refractivity contribution in [3.63, 3.8) is 0 Å². The molecule has 1 saturated carbocycles. The van der Waals surface area contributed by atoms with Gasteiger partial charge in [-0.25, -0.2) is 21.6 Å². The van der Waals surface area contributed by atoms with Crippen LogP contribution in [-0.4, -0.2) is 39.7 Å². The molecule has 1 aliphatic heterocycles. The van der Waals surface area contributed by atoms with Gasteiger partial charge in [0, 0.05) is 5.56 Å². The third kappa shape index (κ3) is 5.40. The molecule has 1 heterocycles. The summed E-state index contributed by atoms with van der Waals surface area (Å²) in [6.07, 6.45) is -6.97. The topological polar surface area (TPSA) is 75.7 Å². The van der Waals surface area contributed by atoms with E-state index in [4.69, 9.17) is 4.74 Å². The molecule has 0 saturated heterocycles. The highest BCUT2D eigenvalue weighted by atomic mass is 32.2. The number of fused-ring (bicyclic) bond motifs is 1. The molecule has 3 aromatic rings. The molecule has 1 N–H and O–H groups in total. The molecule has 5 rings (SSSR count). The van der Waals surface area contributed by atoms with Crippen molar-refractivity contribution in [1.82, 2.24) is 5.32 Å². The van der Waals surface area contributed by atoms with E-state index in [0.29, 0.717) is 6.07 Å². The molecule has 3 atom stereocenters. The number of ether oxygens (including phenoxy) is 1. The van der Waals surface area contributed by atoms with Gasteiger partial charge in [0.05, 0.1) is 35.2 Å². The fraction of sp³-hybridized carbons (Fsp3) is 0.269. The second kappa shape index (κ2) is 9.78. The lowest BCUT2D eigenvalue weighted by Crippen LogP contribution is -2.48. The van der Waals surface area contributed by atoms with Crippen LogP contribution in [0.25, 0.3) is 11.1 Å². The number of sulfonamides is 1. The van der Waals surface area contributed by atoms with Gasteiger partial charge >= 0.3 is 6.18 Å². The zero-order chi connectivity index (χ0) is 28.1. The first kappa shape index (κ1) is 26.9. The monoisotopic (exact) mass is 570 g/mol. The molecule has 2 aliphatic rings. The number of halogens is 6. The Morgan fingerprint density at radius 1 is 1.05 bits per heavy atom. The minimum atomic E-state index is -4.81. The van der Waals surface area contributed by atoms with Gasteiger partial charge in [-0.15, -0.1) is 0 Å². The van der Waals surface area contributed by atoms with Crippen LogP contribution in [0, 0.1) is 17.6 Å². The standard InChI is InChI=1S/C26H20F6N2O4S/c27-16-5-6-21(28)19(10-16)14-4-7-24-23(8-14)34(13-17(38-24)12-33-25(35)20-11-22(20)29)39(36,37)18-3-1-2-15(9-18)26(30,31)32/h1-10,17,20,22H,11-13H2,(H,33,35)/t17-,20?,22+/m0/s1. The Morgan fingerprint density at radius 3 is 2.49 bits per heavy atom. The van der Waals surface area contributed by atoms with Crippen LogP contribution in [0.1, 0.15) is 12.0 Å². The Bertz CT molecular complexity index is 1550. The number of nitrogens with one attached hydrogen (secondary N) is 1. The van der Waals surface area contributed by atoms with Gasteiger partial charge in [-0.1, -0.05) is 12.1 Å². The maximum Gasteiger partial charge on any atom is 0.416 e. The lowest BCUT2D eigenvalue weighted by Gasteiger charge is -2.36. The summed E-state index contributed by atoms with van der Waals surface area (Å²) < 4.78 is 115. The average molecular weight is 571 g/mol. The van der Waals surface area contributed by atoms with E-state index in [1.807, 2.05) is 0 Å². The van der Waals surface area contributed by atoms with Gasteiger partial charge < -0.3 is 10.1 Å². The SMILES string of the molecule is O=C(NC[C@H]1CN(S(=O)(=O)c2cccc(C(F)(F)F)c2)c2cc(-c3cc(F)ccc3F)ccc2O1)C1C[C@H]1F. The van der Waals surface area contributed by atoms with Gasteiger partial charge in [-0.3, -0.25) is 9.10 Å². The minimum Gasteiger partial charge on any atom is -0.484 e. The molecule has 0 bridgehead atoms. The number of nitrogens with zero attached hydrogens (tertiary/aromatic N) is 1. The van der Waals surface area contributed by atoms with Crippen LogP contribution in [0.5, 0.6) is 5.75 Å². The Balaban J connectivity index is 1.55. The number of anilines is 1. The Morgan fingerprint density at radius 2 is 1.79 bits per heavy atom. The quantitative estimate of drug-likeness (QED) is 0.420. The van der Waals surface area contributed by atoms with Gasteiger partial charge in [0.1, 0.15) is 29.7 Å². The number of benzene rings is 3. The molecule has 0 spiro atoms. The van der Waals surface area contributed by atoms with Crippen LogP contribution >= 0.6 is 0 Å². The Kier molecular flexibility index (Phi) is 6.73. The molecule has 3 aromatic carbocycles. The van der Waals surface area contributed by atoms with E-state index in [1.54, 1.807) is 0 Å². The summed E-state index contributed by atoms with van der Waals surface area (Å²) in [5.74, 6) is -2.91. The third-order valence-electron chi connectivity index (χ3n) is 6.43. The minimum absolute atomic E-state index is 0.0219. The highest BCUT2D eigenvalue weighted by molar-refractivity contribution is 7.92. The molecule has 0 radical (unpaired) electrons. The summed E-state index contributed by atoms with van der Waals surface area (Å²) >= 11 is 0. The molecule has 13 heteroatoms. The van der Waals surface area contributed by atoms with E-state index in [1.165, 1.54) is 18.2 Å². The summed E-state index contributed by atoms with van der Waals surface area (Å²) in [6, 6.07) is 9.82. The summed E-state index contributed by atoms with van der Waals surface area (Å²) in [6.45, 7) is -0.652. The number of carbonyl (C=O) groups excluding carboxylic acids is 1. The Hall–Kier alpha value is -3.74. The molecule has 6 nitrogen and oxygen atoms in total. The van der Waals surface area contributed by atoms with Crippen molar-refractivity contribution in [1.29, 1.82) is 0 Å². The lowest BCUT2D eigenvalue weighted by atomic mass is 10.0. The molecular weight excluding hydrogens is 550 g/mol. The highest BCUT2D eigenvalue weighted by Crippen LogP contribution is 2.41. The highest BCUT2D eigenvalue weighted by Gasteiger charge is 2.44. The predicted molar refractivity (Wildman–Crippen MR) is 128 cm³/mol. The molecule has 1 amide bonds. The van der Waals surface area contributed by atoms with E-state index in [0.717, 1.165) is 40.7 Å². The zero-order valence-corrected chi connectivity index (χ0v) is 20.7. The number of carbonyl (C=O) groups is 1. The number of hydrogen-bond donors (Lipinski definition) is 1. The van der Waals surface area contributed by atoms with Gasteiger partial charge in [0.15, 0.2) is 0 Å². The zero-order valence-electron chi connectivity index (χ0n) is 19.9. The lowest BCUT2D eigenvalue weighted by molar-refractivity contribution is -0.137. The van der Waals surface area contributed by atoms with Gasteiger partial charge in [0.25, 0.3) is 10.0 Å². The first-order chi connectivity index (χ1) is 18.3. The second-order valence-corrected chi connectivity index (χ2v) is 11.1. The van der Waals surface area contributed by atoms with Gasteiger partial charge in [0.2, 0.25) is 5.91 Å². The molecule has 1 unspecified atom stereocenters. The number of hydrogen-bond acceptors (Lipinski definition) is 4. The summed E-state index contributed by atoms with van der Waals surface area (Å²) in [5, 5.41) is 2.50. The average Bonchev–Trinajstić information content (AvgIpc) is 3.64. The van der Waals surface area contributed by atoms with Crippen molar-refractivity contribution in [2.75, 3.05) is 17.4 Å². The van der Waals surface area contributed by atoms with Crippen LogP contribution in [0.2, 0.25) is 0 Å². The number of amides is 1. The number of alkyl halides is 4. The maximum atomic E-state index is 14.5. The molecular formula is C26H20F6N2O4S. The molecule has 0 aromatic heterocycles. The van der Waals surface area contributed by atoms with Crippen molar-refractivity contribution < 1.29 is 44.3 Å². The molecule has 1 aliphatic carbocycles. The van der Waals surface area contributed by atoms with Crippen LogP contribution in [0.15, 0.2) is 65.6 Å².